The highest BCUT2D eigenvalue weighted by Gasteiger charge is 2.10. The first-order valence-electron chi connectivity index (χ1n) is 6.67. The van der Waals surface area contributed by atoms with Crippen LogP contribution in [0.2, 0.25) is 5.02 Å². The lowest BCUT2D eigenvalue weighted by molar-refractivity contribution is 0.242. The maximum Gasteiger partial charge on any atom is 0.285 e. The van der Waals surface area contributed by atoms with E-state index in [1.807, 2.05) is 50.1 Å². The second-order valence-electron chi connectivity index (χ2n) is 5.07. The quantitative estimate of drug-likeness (QED) is 0.923. The van der Waals surface area contributed by atoms with Crippen LogP contribution in [-0.4, -0.2) is 23.3 Å². The molecule has 1 aromatic heterocycles. The first-order chi connectivity index (χ1) is 9.97. The van der Waals surface area contributed by atoms with Gasteiger partial charge in [0, 0.05) is 13.6 Å². The predicted molar refractivity (Wildman–Crippen MR) is 84.2 cm³/mol. The fraction of sp³-hybridized carbons (Fsp3) is 0.333. The lowest BCUT2D eigenvalue weighted by atomic mass is 10.2. The Morgan fingerprint density at radius 1 is 1.43 bits per heavy atom. The van der Waals surface area contributed by atoms with Gasteiger partial charge in [0.1, 0.15) is 10.8 Å². The van der Waals surface area contributed by atoms with Crippen molar-refractivity contribution in [1.29, 1.82) is 0 Å². The Balaban J connectivity index is 2.17. The minimum atomic E-state index is -0.391. The molecule has 21 heavy (non-hydrogen) atoms. The van der Waals surface area contributed by atoms with Gasteiger partial charge in [0.15, 0.2) is 0 Å². The summed E-state index contributed by atoms with van der Waals surface area (Å²) in [4.78, 5) is 13.3. The zero-order valence-corrected chi connectivity index (χ0v) is 13.0. The minimum Gasteiger partial charge on any atom is -0.491 e. The molecule has 1 heterocycles. The Morgan fingerprint density at radius 2 is 2.19 bits per heavy atom. The van der Waals surface area contributed by atoms with Gasteiger partial charge in [-0.1, -0.05) is 23.7 Å². The number of nitrogens with zero attached hydrogens (tertiary/aromatic N) is 2. The Hall–Kier alpha value is -2.01. The Bertz CT molecular complexity index is 670. The van der Waals surface area contributed by atoms with E-state index in [1.54, 1.807) is 0 Å². The summed E-state index contributed by atoms with van der Waals surface area (Å²) in [5, 5.41) is 6.22. The third-order valence-electron chi connectivity index (χ3n) is 2.88. The SMILES string of the molecule is CC(C)Oc1cccc(CN(C)c2cn[nH]c(=O)c2Cl)c1. The molecule has 0 spiro atoms. The Labute approximate surface area is 128 Å². The molecular weight excluding hydrogens is 290 g/mol. The number of nitrogens with one attached hydrogen (secondary N) is 1. The van der Waals surface area contributed by atoms with Gasteiger partial charge in [0.05, 0.1) is 18.0 Å². The second-order valence-corrected chi connectivity index (χ2v) is 5.45. The van der Waals surface area contributed by atoms with Crippen LogP contribution in [0.25, 0.3) is 0 Å². The van der Waals surface area contributed by atoms with Crippen molar-refractivity contribution >= 4 is 17.3 Å². The third kappa shape index (κ3) is 3.98. The topological polar surface area (TPSA) is 58.2 Å². The summed E-state index contributed by atoms with van der Waals surface area (Å²) in [6, 6.07) is 7.84. The number of hydrogen-bond donors (Lipinski definition) is 1. The van der Waals surface area contributed by atoms with Crippen LogP contribution < -0.4 is 15.2 Å². The van der Waals surface area contributed by atoms with Crippen molar-refractivity contribution in [2.24, 2.45) is 0 Å². The van der Waals surface area contributed by atoms with E-state index in [-0.39, 0.29) is 11.1 Å². The molecule has 0 saturated heterocycles. The summed E-state index contributed by atoms with van der Waals surface area (Å²) in [5.74, 6) is 0.825. The fourth-order valence-corrected chi connectivity index (χ4v) is 2.22. The van der Waals surface area contributed by atoms with Gasteiger partial charge < -0.3 is 9.64 Å². The summed E-state index contributed by atoms with van der Waals surface area (Å²) in [7, 11) is 1.86. The summed E-state index contributed by atoms with van der Waals surface area (Å²) in [6.45, 7) is 4.57. The van der Waals surface area contributed by atoms with E-state index in [2.05, 4.69) is 10.2 Å². The number of H-pyrrole nitrogens is 1. The van der Waals surface area contributed by atoms with E-state index >= 15 is 0 Å². The summed E-state index contributed by atoms with van der Waals surface area (Å²) >= 11 is 6.00. The standard InChI is InChI=1S/C15H18ClN3O2/c1-10(2)21-12-6-4-5-11(7-12)9-19(3)13-8-17-18-15(20)14(13)16/h4-8,10H,9H2,1-3H3,(H,18,20). The highest BCUT2D eigenvalue weighted by molar-refractivity contribution is 6.32. The number of hydrogen-bond acceptors (Lipinski definition) is 4. The highest BCUT2D eigenvalue weighted by atomic mass is 35.5. The first kappa shape index (κ1) is 15.4. The fourth-order valence-electron chi connectivity index (χ4n) is 1.99. The lowest BCUT2D eigenvalue weighted by Gasteiger charge is -2.20. The maximum atomic E-state index is 11.5. The van der Waals surface area contributed by atoms with Crippen LogP contribution in [-0.2, 0) is 6.54 Å². The van der Waals surface area contributed by atoms with Crippen LogP contribution in [0.1, 0.15) is 19.4 Å². The van der Waals surface area contributed by atoms with E-state index in [4.69, 9.17) is 16.3 Å². The molecule has 0 amide bonds. The van der Waals surface area contributed by atoms with Gasteiger partial charge in [-0.25, -0.2) is 5.10 Å². The van der Waals surface area contributed by atoms with Gasteiger partial charge in [-0.15, -0.1) is 0 Å². The van der Waals surface area contributed by atoms with Gasteiger partial charge in [-0.3, -0.25) is 4.79 Å². The molecule has 112 valence electrons. The monoisotopic (exact) mass is 307 g/mol. The van der Waals surface area contributed by atoms with Gasteiger partial charge in [-0.05, 0) is 31.5 Å². The zero-order chi connectivity index (χ0) is 15.4. The number of aromatic amines is 1. The molecule has 6 heteroatoms. The second kappa shape index (κ2) is 6.63. The molecule has 0 radical (unpaired) electrons. The first-order valence-corrected chi connectivity index (χ1v) is 7.05. The summed E-state index contributed by atoms with van der Waals surface area (Å²) < 4.78 is 5.67. The van der Waals surface area contributed by atoms with Crippen molar-refractivity contribution in [2.75, 3.05) is 11.9 Å². The van der Waals surface area contributed by atoms with E-state index in [1.165, 1.54) is 6.20 Å². The largest absolute Gasteiger partial charge is 0.491 e. The molecule has 1 aromatic carbocycles. The van der Waals surface area contributed by atoms with Crippen molar-refractivity contribution in [2.45, 2.75) is 26.5 Å². The summed E-state index contributed by atoms with van der Waals surface area (Å²) in [5.41, 5.74) is 1.26. The van der Waals surface area contributed by atoms with Crippen molar-refractivity contribution < 1.29 is 4.74 Å². The minimum absolute atomic E-state index is 0.129. The van der Waals surface area contributed by atoms with Crippen LogP contribution >= 0.6 is 11.6 Å². The van der Waals surface area contributed by atoms with Crippen LogP contribution in [0.15, 0.2) is 35.3 Å². The smallest absolute Gasteiger partial charge is 0.285 e. The van der Waals surface area contributed by atoms with Crippen LogP contribution in [0.5, 0.6) is 5.75 Å². The molecular formula is C15H18ClN3O2. The molecule has 1 N–H and O–H groups in total. The molecule has 0 saturated carbocycles. The van der Waals surface area contributed by atoms with E-state index in [0.717, 1.165) is 11.3 Å². The number of rotatable bonds is 5. The normalized spacial score (nSPS) is 10.7. The molecule has 0 atom stereocenters. The lowest BCUT2D eigenvalue weighted by Crippen LogP contribution is -2.21. The van der Waals surface area contributed by atoms with Crippen LogP contribution in [0.3, 0.4) is 0 Å². The molecule has 0 unspecified atom stereocenters. The molecule has 0 aliphatic carbocycles. The average Bonchev–Trinajstić information content (AvgIpc) is 2.41. The molecule has 2 rings (SSSR count). The molecule has 0 bridgehead atoms. The number of halogens is 1. The van der Waals surface area contributed by atoms with Crippen LogP contribution in [0.4, 0.5) is 5.69 Å². The molecule has 0 aliphatic heterocycles. The number of aromatic nitrogens is 2. The number of ether oxygens (including phenoxy) is 1. The van der Waals surface area contributed by atoms with Gasteiger partial charge in [0.2, 0.25) is 0 Å². The highest BCUT2D eigenvalue weighted by Crippen LogP contribution is 2.22. The molecule has 0 aliphatic rings. The van der Waals surface area contributed by atoms with Crippen LogP contribution in [0, 0.1) is 0 Å². The number of anilines is 1. The van der Waals surface area contributed by atoms with Gasteiger partial charge >= 0.3 is 0 Å². The van der Waals surface area contributed by atoms with Crippen molar-refractivity contribution in [3.8, 4) is 5.75 Å². The predicted octanol–water partition coefficient (Wildman–Crippen LogP) is 2.85. The van der Waals surface area contributed by atoms with Crippen molar-refractivity contribution in [3.63, 3.8) is 0 Å². The van der Waals surface area contributed by atoms with E-state index < -0.39 is 5.56 Å². The molecule has 2 aromatic rings. The van der Waals surface area contributed by atoms with Gasteiger partial charge in [-0.2, -0.15) is 5.10 Å². The number of benzene rings is 1. The third-order valence-corrected chi connectivity index (χ3v) is 3.24. The molecule has 5 nitrogen and oxygen atoms in total. The zero-order valence-electron chi connectivity index (χ0n) is 12.3. The van der Waals surface area contributed by atoms with Crippen molar-refractivity contribution in [1.82, 2.24) is 10.2 Å². The van der Waals surface area contributed by atoms with Gasteiger partial charge in [0.25, 0.3) is 5.56 Å². The van der Waals surface area contributed by atoms with Crippen molar-refractivity contribution in [3.05, 3.63) is 51.4 Å². The van der Waals surface area contributed by atoms with E-state index in [0.29, 0.717) is 12.2 Å². The summed E-state index contributed by atoms with van der Waals surface area (Å²) in [6.07, 6.45) is 1.67. The maximum absolute atomic E-state index is 11.5. The Morgan fingerprint density at radius 3 is 2.90 bits per heavy atom. The Kier molecular flexibility index (Phi) is 4.85. The molecule has 0 fully saturated rings. The average molecular weight is 308 g/mol. The van der Waals surface area contributed by atoms with E-state index in [9.17, 15) is 4.79 Å².